The number of benzene rings is 3. The van der Waals surface area contributed by atoms with Gasteiger partial charge < -0.3 is 10.2 Å². The number of nitrogens with one attached hydrogen (secondary N) is 1. The highest BCUT2D eigenvalue weighted by Gasteiger charge is 2.21. The van der Waals surface area contributed by atoms with E-state index in [2.05, 4.69) is 10.3 Å². The molecule has 0 radical (unpaired) electrons. The molecule has 5 nitrogen and oxygen atoms in total. The summed E-state index contributed by atoms with van der Waals surface area (Å²) in [6, 6.07) is 29.3. The second kappa shape index (κ2) is 9.21. The van der Waals surface area contributed by atoms with E-state index < -0.39 is 0 Å². The van der Waals surface area contributed by atoms with E-state index in [1.807, 2.05) is 95.9 Å². The second-order valence-corrected chi connectivity index (χ2v) is 7.29. The molecule has 1 N–H and O–H groups in total. The van der Waals surface area contributed by atoms with Crippen molar-refractivity contribution in [2.24, 2.45) is 9.98 Å². The largest absolute Gasteiger partial charge is 0.325 e. The number of hydrogen-bond donors (Lipinski definition) is 1. The Balaban J connectivity index is 1.52. The Morgan fingerprint density at radius 3 is 2.21 bits per heavy atom. The summed E-state index contributed by atoms with van der Waals surface area (Å²) >= 11 is 1.41. The van der Waals surface area contributed by atoms with Crippen LogP contribution in [0.2, 0.25) is 0 Å². The Bertz CT molecular complexity index is 1020. The Morgan fingerprint density at radius 1 is 0.897 bits per heavy atom. The van der Waals surface area contributed by atoms with Crippen molar-refractivity contribution in [3.63, 3.8) is 0 Å². The van der Waals surface area contributed by atoms with E-state index in [1.165, 1.54) is 11.8 Å². The zero-order valence-corrected chi connectivity index (χ0v) is 16.5. The van der Waals surface area contributed by atoms with Crippen LogP contribution in [0.3, 0.4) is 0 Å². The minimum absolute atomic E-state index is 0.0688. The van der Waals surface area contributed by atoms with Crippen LogP contribution in [0.5, 0.6) is 0 Å². The first kappa shape index (κ1) is 19.0. The molecule has 0 fully saturated rings. The molecule has 144 valence electrons. The zero-order valence-electron chi connectivity index (χ0n) is 15.7. The summed E-state index contributed by atoms with van der Waals surface area (Å²) in [6.07, 6.45) is 0. The molecular formula is C23H20N4OS. The maximum Gasteiger partial charge on any atom is 0.234 e. The van der Waals surface area contributed by atoms with Crippen LogP contribution in [0.4, 0.5) is 11.4 Å². The molecule has 29 heavy (non-hydrogen) atoms. The summed E-state index contributed by atoms with van der Waals surface area (Å²) in [4.78, 5) is 23.8. The third kappa shape index (κ3) is 4.92. The molecule has 0 atom stereocenters. The molecule has 0 saturated heterocycles. The Hall–Kier alpha value is -3.38. The number of amidine groups is 2. The predicted molar refractivity (Wildman–Crippen MR) is 122 cm³/mol. The van der Waals surface area contributed by atoms with Crippen LogP contribution in [-0.4, -0.2) is 29.3 Å². The zero-order chi connectivity index (χ0) is 19.9. The number of aliphatic imine (C=N–C) groups is 2. The Kier molecular flexibility index (Phi) is 6.02. The number of rotatable bonds is 5. The number of carbonyl (C=O) groups is 1. The van der Waals surface area contributed by atoms with Crippen molar-refractivity contribution in [3.8, 4) is 0 Å². The predicted octanol–water partition coefficient (Wildman–Crippen LogP) is 4.64. The van der Waals surface area contributed by atoms with E-state index in [1.54, 1.807) is 0 Å². The highest BCUT2D eigenvalue weighted by atomic mass is 32.2. The van der Waals surface area contributed by atoms with Gasteiger partial charge in [-0.3, -0.25) is 4.79 Å². The van der Waals surface area contributed by atoms with Gasteiger partial charge in [0.2, 0.25) is 5.91 Å². The van der Waals surface area contributed by atoms with Gasteiger partial charge in [-0.1, -0.05) is 78.5 Å². The van der Waals surface area contributed by atoms with Crippen LogP contribution in [-0.2, 0) is 4.79 Å². The van der Waals surface area contributed by atoms with Crippen molar-refractivity contribution in [2.75, 3.05) is 22.6 Å². The van der Waals surface area contributed by atoms with Gasteiger partial charge in [-0.15, -0.1) is 0 Å². The lowest BCUT2D eigenvalue weighted by Crippen LogP contribution is -2.34. The van der Waals surface area contributed by atoms with Crippen molar-refractivity contribution in [1.82, 2.24) is 0 Å². The number of amides is 1. The normalized spacial score (nSPS) is 13.4. The van der Waals surface area contributed by atoms with Gasteiger partial charge in [0.1, 0.15) is 6.67 Å². The fourth-order valence-electron chi connectivity index (χ4n) is 2.89. The van der Waals surface area contributed by atoms with Gasteiger partial charge in [-0.05, 0) is 24.3 Å². The minimum atomic E-state index is -0.0688. The first-order valence-electron chi connectivity index (χ1n) is 9.28. The van der Waals surface area contributed by atoms with Crippen LogP contribution in [0, 0.1) is 0 Å². The molecular weight excluding hydrogens is 380 g/mol. The van der Waals surface area contributed by atoms with E-state index in [-0.39, 0.29) is 11.7 Å². The molecule has 3 aromatic carbocycles. The third-order valence-corrected chi connectivity index (χ3v) is 5.26. The van der Waals surface area contributed by atoms with E-state index in [9.17, 15) is 4.79 Å². The van der Waals surface area contributed by atoms with Crippen LogP contribution >= 0.6 is 11.8 Å². The average molecular weight is 401 g/mol. The van der Waals surface area contributed by atoms with Crippen LogP contribution < -0.4 is 10.2 Å². The van der Waals surface area contributed by atoms with Gasteiger partial charge in [-0.2, -0.15) is 0 Å². The van der Waals surface area contributed by atoms with Gasteiger partial charge in [0, 0.05) is 16.9 Å². The quantitative estimate of drug-likeness (QED) is 0.679. The van der Waals surface area contributed by atoms with Crippen molar-refractivity contribution in [2.45, 2.75) is 0 Å². The lowest BCUT2D eigenvalue weighted by atomic mass is 10.2. The topological polar surface area (TPSA) is 57.1 Å². The maximum atomic E-state index is 12.4. The van der Waals surface area contributed by atoms with Gasteiger partial charge in [0.15, 0.2) is 11.0 Å². The van der Waals surface area contributed by atoms with Gasteiger partial charge in [0.05, 0.1) is 5.75 Å². The fraction of sp³-hybridized carbons (Fsp3) is 0.0870. The number of para-hydroxylation sites is 2. The standard InChI is InChI=1S/C23H20N4OS/c28-21(25-19-12-6-2-7-13-19)16-29-23-26-22(18-10-4-1-5-11-18)24-17-27(23)20-14-8-3-9-15-20/h1-15H,16-17H2,(H,25,28). The lowest BCUT2D eigenvalue weighted by molar-refractivity contribution is -0.113. The van der Waals surface area contributed by atoms with Crippen molar-refractivity contribution in [1.29, 1.82) is 0 Å². The van der Waals surface area contributed by atoms with Crippen molar-refractivity contribution >= 4 is 40.0 Å². The fourth-order valence-corrected chi connectivity index (χ4v) is 3.69. The monoisotopic (exact) mass is 400 g/mol. The van der Waals surface area contributed by atoms with Gasteiger partial charge in [0.25, 0.3) is 0 Å². The molecule has 0 saturated carbocycles. The first-order valence-corrected chi connectivity index (χ1v) is 10.3. The minimum Gasteiger partial charge on any atom is -0.325 e. The van der Waals surface area contributed by atoms with Crippen LogP contribution in [0.15, 0.2) is 101 Å². The molecule has 6 heteroatoms. The van der Waals surface area contributed by atoms with Crippen molar-refractivity contribution in [3.05, 3.63) is 96.6 Å². The number of nitrogens with zero attached hydrogens (tertiary/aromatic N) is 3. The molecule has 0 aliphatic carbocycles. The number of hydrogen-bond acceptors (Lipinski definition) is 5. The highest BCUT2D eigenvalue weighted by Crippen LogP contribution is 2.23. The molecule has 0 bridgehead atoms. The molecule has 4 rings (SSSR count). The number of anilines is 2. The van der Waals surface area contributed by atoms with E-state index in [0.29, 0.717) is 12.5 Å². The van der Waals surface area contributed by atoms with Crippen molar-refractivity contribution < 1.29 is 4.79 Å². The van der Waals surface area contributed by atoms with E-state index >= 15 is 0 Å². The maximum absolute atomic E-state index is 12.4. The molecule has 0 spiro atoms. The molecule has 3 aromatic rings. The molecule has 1 amide bonds. The lowest BCUT2D eigenvalue weighted by Gasteiger charge is -2.27. The van der Waals surface area contributed by atoms with Gasteiger partial charge >= 0.3 is 0 Å². The summed E-state index contributed by atoms with van der Waals surface area (Å²) in [5.74, 6) is 0.878. The smallest absolute Gasteiger partial charge is 0.234 e. The molecule has 1 aliphatic heterocycles. The second-order valence-electron chi connectivity index (χ2n) is 6.35. The van der Waals surface area contributed by atoms with E-state index in [4.69, 9.17) is 4.99 Å². The summed E-state index contributed by atoms with van der Waals surface area (Å²) in [7, 11) is 0. The van der Waals surface area contributed by atoms with E-state index in [0.717, 1.165) is 22.1 Å². The summed E-state index contributed by atoms with van der Waals surface area (Å²) in [5, 5.41) is 3.67. The average Bonchev–Trinajstić information content (AvgIpc) is 2.79. The number of thioether (sulfide) groups is 1. The Morgan fingerprint density at radius 2 is 1.52 bits per heavy atom. The third-order valence-electron chi connectivity index (χ3n) is 4.28. The van der Waals surface area contributed by atoms with Gasteiger partial charge in [-0.25, -0.2) is 9.98 Å². The molecule has 0 unspecified atom stereocenters. The highest BCUT2D eigenvalue weighted by molar-refractivity contribution is 8.14. The SMILES string of the molecule is O=C(CSC1=NC(c2ccccc2)=NCN1c1ccccc1)Nc1ccccc1. The molecule has 0 aromatic heterocycles. The molecule has 1 heterocycles. The summed E-state index contributed by atoms with van der Waals surface area (Å²) < 4.78 is 0. The first-order chi connectivity index (χ1) is 14.3. The summed E-state index contributed by atoms with van der Waals surface area (Å²) in [6.45, 7) is 0.459. The van der Waals surface area contributed by atoms with Crippen LogP contribution in [0.1, 0.15) is 5.56 Å². The van der Waals surface area contributed by atoms with Crippen LogP contribution in [0.25, 0.3) is 0 Å². The Labute approximate surface area is 174 Å². The molecule has 1 aliphatic rings. The summed E-state index contributed by atoms with van der Waals surface area (Å²) in [5.41, 5.74) is 2.75. The number of carbonyl (C=O) groups excluding carboxylic acids is 1.